The van der Waals surface area contributed by atoms with Crippen LogP contribution in [0.25, 0.3) is 0 Å². The molecular formula is C31H44O7. The first kappa shape index (κ1) is 25.3. The fourth-order valence-electron chi connectivity index (χ4n) is 10.8. The SMILES string of the molecule is CCC(C)(CC(C)C(=O)OC1CC2CC(C3CO3)C1C2)C(=O)OC1CC2CC1C1C3CC(CC3C(=O)O)C21. The van der Waals surface area contributed by atoms with Crippen molar-refractivity contribution in [3.63, 3.8) is 0 Å². The van der Waals surface area contributed by atoms with Crippen LogP contribution in [-0.2, 0) is 28.6 Å². The van der Waals surface area contributed by atoms with E-state index in [4.69, 9.17) is 14.2 Å². The van der Waals surface area contributed by atoms with Gasteiger partial charge in [-0.1, -0.05) is 13.8 Å². The van der Waals surface area contributed by atoms with E-state index in [1.165, 1.54) is 6.42 Å². The highest BCUT2D eigenvalue weighted by Gasteiger charge is 2.66. The van der Waals surface area contributed by atoms with E-state index in [2.05, 4.69) is 0 Å². The molecule has 7 nitrogen and oxygen atoms in total. The number of fused-ring (bicyclic) bond motifs is 11. The molecule has 0 radical (unpaired) electrons. The smallest absolute Gasteiger partial charge is 0.312 e. The van der Waals surface area contributed by atoms with Crippen molar-refractivity contribution >= 4 is 17.9 Å². The summed E-state index contributed by atoms with van der Waals surface area (Å²) < 4.78 is 17.9. The number of carbonyl (C=O) groups excluding carboxylic acids is 2. The van der Waals surface area contributed by atoms with Crippen molar-refractivity contribution in [3.05, 3.63) is 0 Å². The highest BCUT2D eigenvalue weighted by molar-refractivity contribution is 5.79. The lowest BCUT2D eigenvalue weighted by molar-refractivity contribution is -0.170. The van der Waals surface area contributed by atoms with Crippen molar-refractivity contribution in [2.45, 2.75) is 96.9 Å². The minimum Gasteiger partial charge on any atom is -0.481 e. The summed E-state index contributed by atoms with van der Waals surface area (Å²) >= 11 is 0. The molecule has 38 heavy (non-hydrogen) atoms. The monoisotopic (exact) mass is 528 g/mol. The number of epoxide rings is 1. The average molecular weight is 529 g/mol. The lowest BCUT2D eigenvalue weighted by atomic mass is 9.66. The van der Waals surface area contributed by atoms with Crippen LogP contribution in [0.1, 0.15) is 78.6 Å². The van der Waals surface area contributed by atoms with Gasteiger partial charge in [-0.25, -0.2) is 0 Å². The van der Waals surface area contributed by atoms with Gasteiger partial charge in [0.25, 0.3) is 0 Å². The average Bonchev–Trinajstić information content (AvgIpc) is 3.40. The standard InChI is InChI=1S/C31H44O7/c1-4-31(3,12-14(2)29(34)37-23-7-15-5-18(23)19(6-15)25-13-36-25)30(35)38-24-11-17-10-22(24)27-20-8-16(26(17)27)9-21(20)28(32)33/h14-27H,4-13H2,1-3H3,(H,32,33). The molecule has 1 aliphatic heterocycles. The van der Waals surface area contributed by atoms with E-state index in [9.17, 15) is 19.5 Å². The van der Waals surface area contributed by atoms with E-state index in [1.54, 1.807) is 0 Å². The number of rotatable bonds is 9. The van der Waals surface area contributed by atoms with Gasteiger partial charge in [-0.05, 0) is 112 Å². The second-order valence-corrected chi connectivity index (χ2v) is 14.6. The van der Waals surface area contributed by atoms with Crippen molar-refractivity contribution in [1.82, 2.24) is 0 Å². The summed E-state index contributed by atoms with van der Waals surface area (Å²) in [5.41, 5.74) is -0.739. The molecule has 6 bridgehead atoms. The van der Waals surface area contributed by atoms with Crippen molar-refractivity contribution < 1.29 is 33.7 Å². The largest absolute Gasteiger partial charge is 0.481 e. The molecule has 6 aliphatic carbocycles. The molecule has 6 saturated carbocycles. The van der Waals surface area contributed by atoms with Crippen LogP contribution in [-0.4, -0.2) is 47.9 Å². The van der Waals surface area contributed by atoms with Crippen molar-refractivity contribution in [1.29, 1.82) is 0 Å². The highest BCUT2D eigenvalue weighted by Crippen LogP contribution is 2.69. The summed E-state index contributed by atoms with van der Waals surface area (Å²) in [6.45, 7) is 6.68. The van der Waals surface area contributed by atoms with Crippen LogP contribution in [0.5, 0.6) is 0 Å². The molecule has 0 aromatic heterocycles. The van der Waals surface area contributed by atoms with E-state index in [0.29, 0.717) is 66.3 Å². The molecule has 0 aromatic rings. The Bertz CT molecular complexity index is 1010. The van der Waals surface area contributed by atoms with Crippen LogP contribution >= 0.6 is 0 Å². The Morgan fingerprint density at radius 1 is 0.895 bits per heavy atom. The van der Waals surface area contributed by atoms with Gasteiger partial charge in [0.05, 0.1) is 30.0 Å². The predicted molar refractivity (Wildman–Crippen MR) is 137 cm³/mol. The molecule has 7 aliphatic rings. The molecule has 15 atom stereocenters. The van der Waals surface area contributed by atoms with Crippen LogP contribution in [0.15, 0.2) is 0 Å². The zero-order valence-corrected chi connectivity index (χ0v) is 23.1. The third-order valence-corrected chi connectivity index (χ3v) is 12.7. The van der Waals surface area contributed by atoms with Gasteiger partial charge in [0.2, 0.25) is 0 Å². The summed E-state index contributed by atoms with van der Waals surface area (Å²) in [6.07, 6.45) is 8.51. The van der Waals surface area contributed by atoms with Gasteiger partial charge >= 0.3 is 17.9 Å². The molecule has 1 N–H and O–H groups in total. The van der Waals surface area contributed by atoms with Gasteiger partial charge in [0.15, 0.2) is 0 Å². The summed E-state index contributed by atoms with van der Waals surface area (Å²) in [6, 6.07) is 0. The van der Waals surface area contributed by atoms with E-state index in [1.807, 2.05) is 20.8 Å². The van der Waals surface area contributed by atoms with Gasteiger partial charge < -0.3 is 19.3 Å². The van der Waals surface area contributed by atoms with E-state index < -0.39 is 11.4 Å². The molecule has 210 valence electrons. The molecule has 7 fully saturated rings. The fourth-order valence-corrected chi connectivity index (χ4v) is 10.8. The summed E-state index contributed by atoms with van der Waals surface area (Å²) in [5, 5.41) is 9.74. The zero-order valence-electron chi connectivity index (χ0n) is 23.1. The minimum absolute atomic E-state index is 0.00362. The van der Waals surface area contributed by atoms with Gasteiger partial charge in [-0.3, -0.25) is 14.4 Å². The number of carboxylic acid groups (broad SMARTS) is 1. The Morgan fingerprint density at radius 3 is 2.26 bits per heavy atom. The minimum atomic E-state index is -0.739. The first-order chi connectivity index (χ1) is 18.2. The van der Waals surface area contributed by atoms with E-state index in [-0.39, 0.29) is 41.9 Å². The van der Waals surface area contributed by atoms with Crippen molar-refractivity contribution in [2.24, 2.45) is 70.5 Å². The number of aliphatic carboxylic acids is 1. The summed E-state index contributed by atoms with van der Waals surface area (Å²) in [5.74, 6) is 2.73. The second kappa shape index (κ2) is 8.94. The number of ether oxygens (including phenoxy) is 3. The Balaban J connectivity index is 0.962. The predicted octanol–water partition coefficient (Wildman–Crippen LogP) is 4.71. The molecule has 1 saturated heterocycles. The third-order valence-electron chi connectivity index (χ3n) is 12.7. The molecule has 15 unspecified atom stereocenters. The van der Waals surface area contributed by atoms with E-state index >= 15 is 0 Å². The Labute approximate surface area is 225 Å². The van der Waals surface area contributed by atoms with Crippen molar-refractivity contribution in [2.75, 3.05) is 6.61 Å². The van der Waals surface area contributed by atoms with Gasteiger partial charge in [0.1, 0.15) is 12.2 Å². The van der Waals surface area contributed by atoms with Crippen LogP contribution in [0.4, 0.5) is 0 Å². The van der Waals surface area contributed by atoms with Crippen LogP contribution in [0.2, 0.25) is 0 Å². The van der Waals surface area contributed by atoms with E-state index in [0.717, 1.165) is 45.1 Å². The van der Waals surface area contributed by atoms with Gasteiger partial charge in [0, 0.05) is 5.92 Å². The van der Waals surface area contributed by atoms with Gasteiger partial charge in [-0.2, -0.15) is 0 Å². The number of hydrogen-bond donors (Lipinski definition) is 1. The number of hydrogen-bond acceptors (Lipinski definition) is 6. The van der Waals surface area contributed by atoms with Crippen molar-refractivity contribution in [3.8, 4) is 0 Å². The number of carboxylic acids is 1. The maximum absolute atomic E-state index is 13.6. The maximum Gasteiger partial charge on any atom is 0.312 e. The zero-order chi connectivity index (χ0) is 26.5. The Morgan fingerprint density at radius 2 is 1.58 bits per heavy atom. The fraction of sp³-hybridized carbons (Fsp3) is 0.903. The molecule has 7 heteroatoms. The van der Waals surface area contributed by atoms with Crippen LogP contribution < -0.4 is 0 Å². The summed E-state index contributed by atoms with van der Waals surface area (Å²) in [7, 11) is 0. The number of carbonyl (C=O) groups is 3. The van der Waals surface area contributed by atoms with Gasteiger partial charge in [-0.15, -0.1) is 0 Å². The molecule has 7 rings (SSSR count). The van der Waals surface area contributed by atoms with Crippen LogP contribution in [0, 0.1) is 70.5 Å². The maximum atomic E-state index is 13.6. The third kappa shape index (κ3) is 3.88. The molecule has 1 heterocycles. The first-order valence-electron chi connectivity index (χ1n) is 15.4. The lowest BCUT2D eigenvalue weighted by Gasteiger charge is -2.41. The molecule has 0 spiro atoms. The Hall–Kier alpha value is -1.63. The topological polar surface area (TPSA) is 102 Å². The Kier molecular flexibility index (Phi) is 5.96. The molecule has 0 amide bonds. The second-order valence-electron chi connectivity index (χ2n) is 14.6. The normalized spacial score (nSPS) is 49.5. The quantitative estimate of drug-likeness (QED) is 0.263. The highest BCUT2D eigenvalue weighted by atomic mass is 16.6. The number of esters is 2. The van der Waals surface area contributed by atoms with Crippen LogP contribution in [0.3, 0.4) is 0 Å². The molecule has 0 aromatic carbocycles. The molecular weight excluding hydrogens is 484 g/mol. The summed E-state index contributed by atoms with van der Waals surface area (Å²) in [4.78, 5) is 38.6. The first-order valence-corrected chi connectivity index (χ1v) is 15.4. The lowest BCUT2D eigenvalue weighted by Crippen LogP contribution is -2.43.